The van der Waals surface area contributed by atoms with Crippen molar-refractivity contribution in [3.63, 3.8) is 0 Å². The highest BCUT2D eigenvalue weighted by molar-refractivity contribution is 6.48. The molecule has 48 heavy (non-hydrogen) atoms. The molecule has 9 nitrogen and oxygen atoms in total. The maximum atomic E-state index is 14.0. The van der Waals surface area contributed by atoms with Crippen LogP contribution in [-0.4, -0.2) is 66.0 Å². The zero-order chi connectivity index (χ0) is 34.4. The summed E-state index contributed by atoms with van der Waals surface area (Å²) in [6.45, 7) is 14.6. The van der Waals surface area contributed by atoms with Gasteiger partial charge in [0.1, 0.15) is 23.6 Å². The topological polar surface area (TPSA) is 106 Å². The molecule has 7 unspecified atom stereocenters. The smallest absolute Gasteiger partial charge is 0.457 e. The molecule has 7 rings (SSSR count). The molecule has 2 aliphatic heterocycles. The largest absolute Gasteiger partial charge is 0.481 e. The van der Waals surface area contributed by atoms with E-state index in [1.165, 1.54) is 12.5 Å². The fraction of sp³-hybridized carbons (Fsp3) is 0.605. The fourth-order valence-corrected chi connectivity index (χ4v) is 8.63. The van der Waals surface area contributed by atoms with Crippen molar-refractivity contribution in [3.05, 3.63) is 59.7 Å². The van der Waals surface area contributed by atoms with Crippen molar-refractivity contribution in [2.24, 2.45) is 23.2 Å². The van der Waals surface area contributed by atoms with Crippen molar-refractivity contribution in [2.75, 3.05) is 6.54 Å². The van der Waals surface area contributed by atoms with Crippen LogP contribution >= 0.6 is 0 Å². The van der Waals surface area contributed by atoms with Crippen molar-refractivity contribution in [2.45, 2.75) is 117 Å². The second kappa shape index (κ2) is 13.5. The molecule has 2 bridgehead atoms. The molecule has 2 N–H and O–H groups in total. The van der Waals surface area contributed by atoms with Gasteiger partial charge in [-0.2, -0.15) is 0 Å². The summed E-state index contributed by atoms with van der Waals surface area (Å²) in [6.07, 6.45) is 4.71. The first kappa shape index (κ1) is 34.5. The Labute approximate surface area is 286 Å². The quantitative estimate of drug-likeness (QED) is 0.304. The van der Waals surface area contributed by atoms with E-state index < -0.39 is 30.7 Å². The van der Waals surface area contributed by atoms with Crippen LogP contribution in [0.3, 0.4) is 0 Å². The summed E-state index contributed by atoms with van der Waals surface area (Å²) in [7, 11) is -0.586. The monoisotopic (exact) mass is 657 g/mol. The van der Waals surface area contributed by atoms with E-state index in [2.05, 4.69) is 43.5 Å². The zero-order valence-electron chi connectivity index (χ0n) is 29.6. The molecule has 3 amide bonds. The lowest BCUT2D eigenvalue weighted by atomic mass is 9.43. The Hall–Kier alpha value is -3.37. The Kier molecular flexibility index (Phi) is 9.71. The molecule has 2 aromatic rings. The van der Waals surface area contributed by atoms with Crippen molar-refractivity contribution < 1.29 is 28.4 Å². The Bertz CT molecular complexity index is 1500. The minimum atomic E-state index is -0.677. The number of nitrogens with zero attached hydrogens (tertiary/aromatic N) is 1. The molecule has 5 aliphatic rings. The third-order valence-corrected chi connectivity index (χ3v) is 11.7. The van der Waals surface area contributed by atoms with Gasteiger partial charge < -0.3 is 29.6 Å². The first-order valence-electron chi connectivity index (χ1n) is 17.8. The van der Waals surface area contributed by atoms with Gasteiger partial charge in [0.05, 0.1) is 17.6 Å². The normalized spacial score (nSPS) is 28.3. The molecule has 2 saturated heterocycles. The summed E-state index contributed by atoms with van der Waals surface area (Å²) in [6, 6.07) is 14.7. The molecule has 10 heteroatoms. The van der Waals surface area contributed by atoms with E-state index in [1.54, 1.807) is 4.90 Å². The molecule has 2 heterocycles. The van der Waals surface area contributed by atoms with Crippen molar-refractivity contribution in [1.82, 2.24) is 15.5 Å². The van der Waals surface area contributed by atoms with Gasteiger partial charge in [-0.3, -0.25) is 14.4 Å². The van der Waals surface area contributed by atoms with Crippen LogP contribution in [0.4, 0.5) is 0 Å². The Balaban J connectivity index is 1.17. The van der Waals surface area contributed by atoms with Crippen LogP contribution in [-0.2, 0) is 30.1 Å². The number of nitrogens with one attached hydrogen (secondary N) is 2. The molecule has 0 radical (unpaired) electrons. The minimum Gasteiger partial charge on any atom is -0.457 e. The summed E-state index contributed by atoms with van der Waals surface area (Å²) in [5, 5.41) is 6.09. The van der Waals surface area contributed by atoms with E-state index in [4.69, 9.17) is 14.0 Å². The van der Waals surface area contributed by atoms with E-state index >= 15 is 0 Å². The number of hydrogen-bond acceptors (Lipinski definition) is 6. The number of hydrogen-bond donors (Lipinski definition) is 2. The summed E-state index contributed by atoms with van der Waals surface area (Å²) >= 11 is 0. The second-order valence-electron chi connectivity index (χ2n) is 15.7. The number of benzene rings is 2. The summed E-state index contributed by atoms with van der Waals surface area (Å²) in [5.74, 6) is 1.39. The summed E-state index contributed by atoms with van der Waals surface area (Å²) in [5.41, 5.74) is 2.10. The van der Waals surface area contributed by atoms with Gasteiger partial charge in [-0.1, -0.05) is 57.5 Å². The molecule has 3 aliphatic carbocycles. The van der Waals surface area contributed by atoms with Crippen LogP contribution < -0.4 is 15.4 Å². The summed E-state index contributed by atoms with van der Waals surface area (Å²) in [4.78, 5) is 41.2. The first-order valence-corrected chi connectivity index (χ1v) is 17.8. The van der Waals surface area contributed by atoms with Crippen molar-refractivity contribution in [3.8, 4) is 11.5 Å². The molecule has 2 aromatic carbocycles. The van der Waals surface area contributed by atoms with Gasteiger partial charge in [0, 0.05) is 13.5 Å². The minimum absolute atomic E-state index is 0.00843. The first-order chi connectivity index (χ1) is 22.8. The van der Waals surface area contributed by atoms with Crippen LogP contribution in [0.25, 0.3) is 0 Å². The molecule has 258 valence electrons. The molecule has 0 spiro atoms. The van der Waals surface area contributed by atoms with Gasteiger partial charge in [-0.25, -0.2) is 0 Å². The van der Waals surface area contributed by atoms with E-state index in [0.717, 1.165) is 36.3 Å². The third-order valence-electron chi connectivity index (χ3n) is 11.7. The summed E-state index contributed by atoms with van der Waals surface area (Å²) < 4.78 is 19.6. The highest BCUT2D eigenvalue weighted by Gasteiger charge is 2.68. The maximum absolute atomic E-state index is 14.0. The lowest BCUT2D eigenvalue weighted by Gasteiger charge is -2.64. The van der Waals surface area contributed by atoms with Crippen LogP contribution in [0.15, 0.2) is 48.5 Å². The lowest BCUT2D eigenvalue weighted by Crippen LogP contribution is -2.65. The van der Waals surface area contributed by atoms with Gasteiger partial charge >= 0.3 is 7.12 Å². The lowest BCUT2D eigenvalue weighted by molar-refractivity contribution is -0.199. The standard InChI is InChI=1S/C38H52BN3O6/c1-23(2)34(40-25(4)43)36(45)42-20-8-9-30(42)35(44)41-33(39-47-32-22-27-21-31(37(27,5)6)38(32,7)48-39)19-14-26-12-17-29(18-13-26)46-28-15-10-24(3)11-16-28/h10-13,15-18,23,27,30-34H,8-9,14,19-22H2,1-7H3,(H,40,43)(H,41,44). The highest BCUT2D eigenvalue weighted by atomic mass is 16.7. The Morgan fingerprint density at radius 1 is 1.00 bits per heavy atom. The molecular formula is C38H52BN3O6. The van der Waals surface area contributed by atoms with Crippen LogP contribution in [0, 0.1) is 30.1 Å². The second-order valence-corrected chi connectivity index (χ2v) is 15.7. The number of ether oxygens (including phenoxy) is 1. The number of aryl methyl sites for hydroxylation is 2. The van der Waals surface area contributed by atoms with Crippen LogP contribution in [0.5, 0.6) is 11.5 Å². The Morgan fingerprint density at radius 3 is 2.29 bits per heavy atom. The molecule has 3 saturated carbocycles. The highest BCUT2D eigenvalue weighted by Crippen LogP contribution is 2.65. The van der Waals surface area contributed by atoms with Crippen LogP contribution in [0.1, 0.15) is 84.8 Å². The SMILES string of the molecule is CC(=O)NC(C(=O)N1CCCC1C(=O)NC(CCc1ccc(Oc2ccc(C)cc2)cc1)B1OC2CC3CC(C3(C)C)C2(C)O1)C(C)C. The van der Waals surface area contributed by atoms with E-state index in [9.17, 15) is 14.4 Å². The van der Waals surface area contributed by atoms with Crippen molar-refractivity contribution >= 4 is 24.8 Å². The third kappa shape index (κ3) is 6.75. The predicted molar refractivity (Wildman–Crippen MR) is 185 cm³/mol. The number of rotatable bonds is 11. The Morgan fingerprint density at radius 2 is 1.67 bits per heavy atom. The van der Waals surface area contributed by atoms with Gasteiger partial charge in [0.25, 0.3) is 0 Å². The maximum Gasteiger partial charge on any atom is 0.481 e. The van der Waals surface area contributed by atoms with Gasteiger partial charge in [-0.15, -0.1) is 0 Å². The zero-order valence-corrected chi connectivity index (χ0v) is 29.6. The van der Waals surface area contributed by atoms with Crippen molar-refractivity contribution in [1.29, 1.82) is 0 Å². The number of carbonyl (C=O) groups excluding carboxylic acids is 3. The van der Waals surface area contributed by atoms with Gasteiger partial charge in [-0.05, 0) is 105 Å². The number of likely N-dealkylation sites (tertiary alicyclic amines) is 1. The number of carbonyl (C=O) groups is 3. The average Bonchev–Trinajstić information content (AvgIpc) is 3.68. The predicted octanol–water partition coefficient (Wildman–Crippen LogP) is 5.62. The number of amides is 3. The van der Waals surface area contributed by atoms with E-state index in [-0.39, 0.29) is 35.2 Å². The van der Waals surface area contributed by atoms with Gasteiger partial charge in [0.15, 0.2) is 0 Å². The van der Waals surface area contributed by atoms with E-state index in [1.807, 2.05) is 57.2 Å². The van der Waals surface area contributed by atoms with Crippen LogP contribution in [0.2, 0.25) is 0 Å². The molecule has 0 aromatic heterocycles. The van der Waals surface area contributed by atoms with E-state index in [0.29, 0.717) is 37.6 Å². The fourth-order valence-electron chi connectivity index (χ4n) is 8.63. The molecule has 7 atom stereocenters. The molecule has 5 fully saturated rings. The average molecular weight is 658 g/mol. The molecular weight excluding hydrogens is 605 g/mol. The van der Waals surface area contributed by atoms with Gasteiger partial charge in [0.2, 0.25) is 17.7 Å².